The molecular formula is C26H23F3N4O2. The van der Waals surface area contributed by atoms with Crippen LogP contribution in [0.2, 0.25) is 0 Å². The summed E-state index contributed by atoms with van der Waals surface area (Å²) in [5.74, 6) is -1.20. The molecule has 4 aromatic rings. The molecule has 0 spiro atoms. The lowest BCUT2D eigenvalue weighted by Crippen LogP contribution is -2.22. The normalized spacial score (nSPS) is 14.5. The number of imide groups is 1. The van der Waals surface area contributed by atoms with E-state index in [1.807, 2.05) is 31.2 Å². The molecule has 1 aliphatic rings. The van der Waals surface area contributed by atoms with E-state index in [1.165, 1.54) is 6.07 Å². The quantitative estimate of drug-likeness (QED) is 0.265. The molecule has 0 saturated carbocycles. The molecule has 0 fully saturated rings. The standard InChI is InChI=1S/C26H23F3N4O2/c1-2-30-11-6-12-33-14-18(16-8-5-9-19(23(16)33)26(27,28)29)22-21(24(34)32-25(22)35)17-13-31-20-10-4-3-7-15(17)20/h3-5,7-10,13-14,30-31H,2,6,11-12H2,1H3,(H,32,34,35). The average molecular weight is 480 g/mol. The lowest BCUT2D eigenvalue weighted by Gasteiger charge is -2.12. The molecule has 180 valence electrons. The van der Waals surface area contributed by atoms with Crippen LogP contribution >= 0.6 is 0 Å². The number of alkyl halides is 3. The number of rotatable bonds is 7. The molecular weight excluding hydrogens is 457 g/mol. The molecule has 5 rings (SSSR count). The zero-order valence-corrected chi connectivity index (χ0v) is 18.9. The molecule has 35 heavy (non-hydrogen) atoms. The number of fused-ring (bicyclic) bond motifs is 2. The third-order valence-electron chi connectivity index (χ3n) is 6.27. The van der Waals surface area contributed by atoms with E-state index in [0.717, 1.165) is 23.5 Å². The Kier molecular flexibility index (Phi) is 5.72. The van der Waals surface area contributed by atoms with E-state index in [1.54, 1.807) is 23.0 Å². The SMILES string of the molecule is CCNCCCn1cc(C2=C(c3c[nH]c4ccccc34)C(=O)NC2=O)c2cccc(C(F)(F)F)c21. The molecule has 3 N–H and O–H groups in total. The van der Waals surface area contributed by atoms with Crippen molar-refractivity contribution in [2.45, 2.75) is 26.1 Å². The number of aryl methyl sites for hydroxylation is 1. The predicted octanol–water partition coefficient (Wildman–Crippen LogP) is 4.71. The highest BCUT2D eigenvalue weighted by atomic mass is 19.4. The zero-order valence-electron chi connectivity index (χ0n) is 18.9. The summed E-state index contributed by atoms with van der Waals surface area (Å²) in [6.45, 7) is 3.68. The molecule has 0 radical (unpaired) electrons. The first kappa shape index (κ1) is 22.9. The van der Waals surface area contributed by atoms with Crippen LogP contribution in [0.3, 0.4) is 0 Å². The van der Waals surface area contributed by atoms with Crippen LogP contribution in [0.25, 0.3) is 33.0 Å². The van der Waals surface area contributed by atoms with Gasteiger partial charge in [-0.2, -0.15) is 13.2 Å². The van der Waals surface area contributed by atoms with Crippen LogP contribution in [0, 0.1) is 0 Å². The van der Waals surface area contributed by atoms with Crippen molar-refractivity contribution in [1.29, 1.82) is 0 Å². The predicted molar refractivity (Wildman–Crippen MR) is 128 cm³/mol. The molecule has 2 amide bonds. The fourth-order valence-corrected chi connectivity index (χ4v) is 4.76. The van der Waals surface area contributed by atoms with Gasteiger partial charge in [-0.3, -0.25) is 14.9 Å². The molecule has 0 bridgehead atoms. The van der Waals surface area contributed by atoms with Crippen molar-refractivity contribution in [3.63, 3.8) is 0 Å². The number of hydrogen-bond donors (Lipinski definition) is 3. The Labute approximate surface area is 198 Å². The van der Waals surface area contributed by atoms with E-state index in [9.17, 15) is 22.8 Å². The Balaban J connectivity index is 1.76. The minimum atomic E-state index is -4.57. The molecule has 0 aliphatic carbocycles. The Morgan fingerprint density at radius 2 is 1.66 bits per heavy atom. The summed E-state index contributed by atoms with van der Waals surface area (Å²) in [4.78, 5) is 29.0. The number of amides is 2. The number of aromatic amines is 1. The number of hydrogen-bond acceptors (Lipinski definition) is 3. The Bertz CT molecular complexity index is 1490. The lowest BCUT2D eigenvalue weighted by atomic mass is 9.95. The van der Waals surface area contributed by atoms with Crippen molar-refractivity contribution in [1.82, 2.24) is 20.2 Å². The van der Waals surface area contributed by atoms with Gasteiger partial charge in [-0.25, -0.2) is 0 Å². The van der Waals surface area contributed by atoms with Crippen LogP contribution in [0.5, 0.6) is 0 Å². The third kappa shape index (κ3) is 3.91. The van der Waals surface area contributed by atoms with Crippen LogP contribution in [0.1, 0.15) is 30.0 Å². The van der Waals surface area contributed by atoms with Gasteiger partial charge in [0.25, 0.3) is 11.8 Å². The molecule has 9 heteroatoms. The first-order valence-electron chi connectivity index (χ1n) is 11.4. The number of H-pyrrole nitrogens is 1. The molecule has 3 heterocycles. The summed E-state index contributed by atoms with van der Waals surface area (Å²) in [5, 5.41) is 6.54. The molecule has 6 nitrogen and oxygen atoms in total. The molecule has 2 aromatic carbocycles. The Hall–Kier alpha value is -3.85. The minimum absolute atomic E-state index is 0.00410. The molecule has 0 unspecified atom stereocenters. The maximum absolute atomic E-state index is 14.0. The number of benzene rings is 2. The topological polar surface area (TPSA) is 78.9 Å². The van der Waals surface area contributed by atoms with Gasteiger partial charge in [0.2, 0.25) is 0 Å². The van der Waals surface area contributed by atoms with Gasteiger partial charge in [-0.1, -0.05) is 37.3 Å². The minimum Gasteiger partial charge on any atom is -0.361 e. The number of halogens is 3. The van der Waals surface area contributed by atoms with Crippen LogP contribution in [-0.2, 0) is 22.3 Å². The van der Waals surface area contributed by atoms with Crippen LogP contribution < -0.4 is 10.6 Å². The van der Waals surface area contributed by atoms with Gasteiger partial charge in [0, 0.05) is 46.4 Å². The van der Waals surface area contributed by atoms with Crippen molar-refractivity contribution < 1.29 is 22.8 Å². The summed E-state index contributed by atoms with van der Waals surface area (Å²) in [6, 6.07) is 11.3. The van der Waals surface area contributed by atoms with E-state index in [0.29, 0.717) is 30.6 Å². The maximum Gasteiger partial charge on any atom is 0.418 e. The van der Waals surface area contributed by atoms with E-state index in [2.05, 4.69) is 15.6 Å². The summed E-state index contributed by atoms with van der Waals surface area (Å²) in [6.07, 6.45) is -0.762. The second kappa shape index (κ2) is 8.74. The molecule has 2 aromatic heterocycles. The fraction of sp³-hybridized carbons (Fsp3) is 0.231. The Morgan fingerprint density at radius 3 is 2.40 bits per heavy atom. The number of carbonyl (C=O) groups excluding carboxylic acids is 2. The fourth-order valence-electron chi connectivity index (χ4n) is 4.76. The van der Waals surface area contributed by atoms with Crippen LogP contribution in [0.4, 0.5) is 13.2 Å². The largest absolute Gasteiger partial charge is 0.418 e. The molecule has 1 aliphatic heterocycles. The van der Waals surface area contributed by atoms with Gasteiger partial charge < -0.3 is 14.9 Å². The van der Waals surface area contributed by atoms with Gasteiger partial charge in [0.15, 0.2) is 0 Å². The highest BCUT2D eigenvalue weighted by molar-refractivity contribution is 6.50. The van der Waals surface area contributed by atoms with Crippen LogP contribution in [-0.4, -0.2) is 34.5 Å². The van der Waals surface area contributed by atoms with Crippen LogP contribution in [0.15, 0.2) is 54.9 Å². The lowest BCUT2D eigenvalue weighted by molar-refractivity contribution is -0.136. The summed E-state index contributed by atoms with van der Waals surface area (Å²) in [7, 11) is 0. The van der Waals surface area contributed by atoms with Crippen molar-refractivity contribution in [2.75, 3.05) is 13.1 Å². The molecule has 0 atom stereocenters. The van der Waals surface area contributed by atoms with Crippen molar-refractivity contribution in [3.8, 4) is 0 Å². The second-order valence-corrected chi connectivity index (χ2v) is 8.42. The number of nitrogens with one attached hydrogen (secondary N) is 3. The highest BCUT2D eigenvalue weighted by Crippen LogP contribution is 2.42. The van der Waals surface area contributed by atoms with Gasteiger partial charge in [0.05, 0.1) is 22.2 Å². The van der Waals surface area contributed by atoms with E-state index >= 15 is 0 Å². The maximum atomic E-state index is 14.0. The van der Waals surface area contributed by atoms with Crippen molar-refractivity contribution in [3.05, 3.63) is 71.5 Å². The number of para-hydroxylation sites is 2. The summed E-state index contributed by atoms with van der Waals surface area (Å²) >= 11 is 0. The van der Waals surface area contributed by atoms with Gasteiger partial charge in [-0.05, 0) is 31.6 Å². The molecule has 0 saturated heterocycles. The zero-order chi connectivity index (χ0) is 24.7. The Morgan fingerprint density at radius 1 is 0.943 bits per heavy atom. The van der Waals surface area contributed by atoms with E-state index in [-0.39, 0.29) is 22.0 Å². The van der Waals surface area contributed by atoms with Gasteiger partial charge in [0.1, 0.15) is 0 Å². The number of aromatic nitrogens is 2. The first-order valence-corrected chi connectivity index (χ1v) is 11.4. The third-order valence-corrected chi connectivity index (χ3v) is 6.27. The number of nitrogens with zero attached hydrogens (tertiary/aromatic N) is 1. The first-order chi connectivity index (χ1) is 16.8. The smallest absolute Gasteiger partial charge is 0.361 e. The average Bonchev–Trinajstić information content (AvgIpc) is 3.48. The van der Waals surface area contributed by atoms with Crippen molar-refractivity contribution >= 4 is 44.8 Å². The monoisotopic (exact) mass is 480 g/mol. The highest BCUT2D eigenvalue weighted by Gasteiger charge is 2.38. The van der Waals surface area contributed by atoms with Crippen molar-refractivity contribution in [2.24, 2.45) is 0 Å². The second-order valence-electron chi connectivity index (χ2n) is 8.42. The van der Waals surface area contributed by atoms with Gasteiger partial charge in [-0.15, -0.1) is 0 Å². The van der Waals surface area contributed by atoms with E-state index in [4.69, 9.17) is 0 Å². The number of carbonyl (C=O) groups is 2. The van der Waals surface area contributed by atoms with Gasteiger partial charge >= 0.3 is 6.18 Å². The summed E-state index contributed by atoms with van der Waals surface area (Å²) < 4.78 is 43.4. The van der Waals surface area contributed by atoms with E-state index < -0.39 is 23.6 Å². The summed E-state index contributed by atoms with van der Waals surface area (Å²) in [5.41, 5.74) is 1.07.